The van der Waals surface area contributed by atoms with Crippen LogP contribution in [0.2, 0.25) is 5.15 Å². The summed E-state index contributed by atoms with van der Waals surface area (Å²) in [5.41, 5.74) is 3.67. The molecule has 0 fully saturated rings. The Morgan fingerprint density at radius 2 is 1.76 bits per heavy atom. The SMILES string of the molecule is Cn1c(-c2ccnc3ccccc23)nc2ccnc(Cl)c21. The van der Waals surface area contributed by atoms with Crippen molar-refractivity contribution in [3.8, 4) is 11.4 Å². The molecule has 5 heteroatoms. The van der Waals surface area contributed by atoms with Gasteiger partial charge in [-0.15, -0.1) is 0 Å². The van der Waals surface area contributed by atoms with E-state index >= 15 is 0 Å². The zero-order valence-electron chi connectivity index (χ0n) is 11.3. The van der Waals surface area contributed by atoms with Gasteiger partial charge in [-0.3, -0.25) is 4.98 Å². The second kappa shape index (κ2) is 4.53. The van der Waals surface area contributed by atoms with Crippen LogP contribution < -0.4 is 0 Å². The molecule has 0 amide bonds. The number of hydrogen-bond donors (Lipinski definition) is 0. The number of pyridine rings is 2. The minimum absolute atomic E-state index is 0.465. The molecule has 4 nitrogen and oxygen atoms in total. The van der Waals surface area contributed by atoms with Crippen LogP contribution in [0.25, 0.3) is 33.3 Å². The van der Waals surface area contributed by atoms with Gasteiger partial charge in [0.25, 0.3) is 0 Å². The maximum Gasteiger partial charge on any atom is 0.154 e. The van der Waals surface area contributed by atoms with E-state index in [2.05, 4.69) is 16.0 Å². The zero-order valence-corrected chi connectivity index (χ0v) is 12.0. The summed E-state index contributed by atoms with van der Waals surface area (Å²) >= 11 is 6.20. The van der Waals surface area contributed by atoms with Gasteiger partial charge in [0.05, 0.1) is 11.0 Å². The molecular weight excluding hydrogens is 284 g/mol. The molecule has 3 heterocycles. The summed E-state index contributed by atoms with van der Waals surface area (Å²) in [7, 11) is 1.95. The van der Waals surface area contributed by atoms with Crippen LogP contribution in [-0.2, 0) is 7.05 Å². The van der Waals surface area contributed by atoms with E-state index in [1.807, 2.05) is 41.9 Å². The molecule has 3 aromatic heterocycles. The number of nitrogens with zero attached hydrogens (tertiary/aromatic N) is 4. The fraction of sp³-hybridized carbons (Fsp3) is 0.0625. The van der Waals surface area contributed by atoms with Gasteiger partial charge in [0.15, 0.2) is 5.15 Å². The Hall–Kier alpha value is -2.46. The Morgan fingerprint density at radius 1 is 0.952 bits per heavy atom. The van der Waals surface area contributed by atoms with Crippen molar-refractivity contribution in [1.82, 2.24) is 19.5 Å². The average Bonchev–Trinajstić information content (AvgIpc) is 2.85. The van der Waals surface area contributed by atoms with E-state index in [9.17, 15) is 0 Å². The predicted molar refractivity (Wildman–Crippen MR) is 84.3 cm³/mol. The predicted octanol–water partition coefficient (Wildman–Crippen LogP) is 3.84. The van der Waals surface area contributed by atoms with E-state index in [0.717, 1.165) is 33.3 Å². The summed E-state index contributed by atoms with van der Waals surface area (Å²) in [5, 5.41) is 1.54. The van der Waals surface area contributed by atoms with Crippen LogP contribution >= 0.6 is 11.6 Å². The van der Waals surface area contributed by atoms with Crippen molar-refractivity contribution in [3.05, 3.63) is 53.9 Å². The van der Waals surface area contributed by atoms with Crippen LogP contribution in [0, 0.1) is 0 Å². The minimum atomic E-state index is 0.465. The van der Waals surface area contributed by atoms with Crippen LogP contribution in [0.3, 0.4) is 0 Å². The third-order valence-electron chi connectivity index (χ3n) is 3.63. The highest BCUT2D eigenvalue weighted by atomic mass is 35.5. The third-order valence-corrected chi connectivity index (χ3v) is 3.90. The highest BCUT2D eigenvalue weighted by molar-refractivity contribution is 6.33. The zero-order chi connectivity index (χ0) is 14.4. The topological polar surface area (TPSA) is 43.6 Å². The molecule has 102 valence electrons. The van der Waals surface area contributed by atoms with Crippen molar-refractivity contribution < 1.29 is 0 Å². The highest BCUT2D eigenvalue weighted by Gasteiger charge is 2.14. The second-order valence-electron chi connectivity index (χ2n) is 4.84. The van der Waals surface area contributed by atoms with E-state index in [1.54, 1.807) is 12.4 Å². The van der Waals surface area contributed by atoms with Gasteiger partial charge in [-0.05, 0) is 18.2 Å². The van der Waals surface area contributed by atoms with Crippen molar-refractivity contribution >= 4 is 33.5 Å². The van der Waals surface area contributed by atoms with Crippen LogP contribution in [0.15, 0.2) is 48.8 Å². The van der Waals surface area contributed by atoms with Crippen molar-refractivity contribution in [2.24, 2.45) is 7.05 Å². The minimum Gasteiger partial charge on any atom is -0.325 e. The summed E-state index contributed by atoms with van der Waals surface area (Å²) in [6, 6.07) is 11.9. The van der Waals surface area contributed by atoms with Crippen LogP contribution in [0.1, 0.15) is 0 Å². The summed E-state index contributed by atoms with van der Waals surface area (Å²) < 4.78 is 1.98. The number of para-hydroxylation sites is 1. The molecule has 1 aromatic carbocycles. The molecule has 0 saturated heterocycles. The Labute approximate surface area is 126 Å². The first kappa shape index (κ1) is 12.3. The van der Waals surface area contributed by atoms with Gasteiger partial charge in [0.2, 0.25) is 0 Å². The molecule has 4 aromatic rings. The number of imidazole rings is 1. The smallest absolute Gasteiger partial charge is 0.154 e. The van der Waals surface area contributed by atoms with Crippen molar-refractivity contribution in [2.45, 2.75) is 0 Å². The molecule has 0 aliphatic carbocycles. The lowest BCUT2D eigenvalue weighted by molar-refractivity contribution is 0.957. The van der Waals surface area contributed by atoms with E-state index < -0.39 is 0 Å². The van der Waals surface area contributed by atoms with E-state index in [4.69, 9.17) is 16.6 Å². The largest absolute Gasteiger partial charge is 0.325 e. The number of rotatable bonds is 1. The maximum absolute atomic E-state index is 6.20. The quantitative estimate of drug-likeness (QED) is 0.501. The van der Waals surface area contributed by atoms with Crippen LogP contribution in [0.4, 0.5) is 0 Å². The molecule has 0 bridgehead atoms. The lowest BCUT2D eigenvalue weighted by Gasteiger charge is -2.06. The fourth-order valence-corrected chi connectivity index (χ4v) is 2.93. The molecule has 0 saturated carbocycles. The lowest BCUT2D eigenvalue weighted by Crippen LogP contribution is -1.94. The van der Waals surface area contributed by atoms with Crippen LogP contribution in [-0.4, -0.2) is 19.5 Å². The Morgan fingerprint density at radius 3 is 2.62 bits per heavy atom. The van der Waals surface area contributed by atoms with Gasteiger partial charge >= 0.3 is 0 Å². The Kier molecular flexibility index (Phi) is 2.65. The normalized spacial score (nSPS) is 11.3. The average molecular weight is 295 g/mol. The summed E-state index contributed by atoms with van der Waals surface area (Å²) in [6.07, 6.45) is 3.48. The molecule has 0 unspecified atom stereocenters. The number of aryl methyl sites for hydroxylation is 1. The Bertz CT molecular complexity index is 969. The van der Waals surface area contributed by atoms with Gasteiger partial charge in [-0.2, -0.15) is 0 Å². The molecule has 0 aliphatic heterocycles. The summed E-state index contributed by atoms with van der Waals surface area (Å²) in [4.78, 5) is 13.2. The first-order valence-corrected chi connectivity index (χ1v) is 6.94. The molecule has 0 N–H and O–H groups in total. The van der Waals surface area contributed by atoms with E-state index in [-0.39, 0.29) is 0 Å². The molecular formula is C16H11ClN4. The first-order valence-electron chi connectivity index (χ1n) is 6.57. The fourth-order valence-electron chi connectivity index (χ4n) is 2.65. The molecule has 0 aliphatic rings. The number of aromatic nitrogens is 4. The highest BCUT2D eigenvalue weighted by Crippen LogP contribution is 2.30. The molecule has 21 heavy (non-hydrogen) atoms. The standard InChI is InChI=1S/C16H11ClN4/c1-21-14-13(7-9-19-15(14)17)20-16(21)11-6-8-18-12-5-3-2-4-10(11)12/h2-9H,1H3. The molecule has 0 radical (unpaired) electrons. The van der Waals surface area contributed by atoms with Gasteiger partial charge in [0, 0.05) is 30.4 Å². The number of fused-ring (bicyclic) bond motifs is 2. The molecule has 0 atom stereocenters. The van der Waals surface area contributed by atoms with Crippen molar-refractivity contribution in [3.63, 3.8) is 0 Å². The van der Waals surface area contributed by atoms with Gasteiger partial charge in [-0.1, -0.05) is 29.8 Å². The maximum atomic E-state index is 6.20. The van der Waals surface area contributed by atoms with E-state index in [0.29, 0.717) is 5.15 Å². The first-order chi connectivity index (χ1) is 10.3. The van der Waals surface area contributed by atoms with Crippen LogP contribution in [0.5, 0.6) is 0 Å². The third kappa shape index (κ3) is 1.80. The van der Waals surface area contributed by atoms with Gasteiger partial charge in [0.1, 0.15) is 11.3 Å². The Balaban J connectivity index is 2.10. The van der Waals surface area contributed by atoms with Crippen molar-refractivity contribution in [1.29, 1.82) is 0 Å². The summed E-state index contributed by atoms with van der Waals surface area (Å²) in [6.45, 7) is 0. The summed E-state index contributed by atoms with van der Waals surface area (Å²) in [5.74, 6) is 0.860. The molecule has 4 rings (SSSR count). The number of halogens is 1. The second-order valence-corrected chi connectivity index (χ2v) is 5.20. The molecule has 0 spiro atoms. The number of benzene rings is 1. The van der Waals surface area contributed by atoms with E-state index in [1.165, 1.54) is 0 Å². The monoisotopic (exact) mass is 294 g/mol. The van der Waals surface area contributed by atoms with Crippen molar-refractivity contribution in [2.75, 3.05) is 0 Å². The van der Waals surface area contributed by atoms with Gasteiger partial charge in [-0.25, -0.2) is 9.97 Å². The number of hydrogen-bond acceptors (Lipinski definition) is 3. The van der Waals surface area contributed by atoms with Gasteiger partial charge < -0.3 is 4.57 Å². The lowest BCUT2D eigenvalue weighted by atomic mass is 10.1.